The summed E-state index contributed by atoms with van der Waals surface area (Å²) in [4.78, 5) is 13.2. The number of para-hydroxylation sites is 1. The van der Waals surface area contributed by atoms with Crippen molar-refractivity contribution in [2.45, 2.75) is 25.7 Å². The molecule has 0 amide bonds. The largest absolute Gasteiger partial charge is 0.455 e. The molecular formula is C22H19ClN2O4. The van der Waals surface area contributed by atoms with Crippen LogP contribution in [0.2, 0.25) is 5.02 Å². The summed E-state index contributed by atoms with van der Waals surface area (Å²) in [7, 11) is 0. The second-order valence-electron chi connectivity index (χ2n) is 7.00. The number of ether oxygens (including phenoxy) is 2. The first-order valence-electron chi connectivity index (χ1n) is 9.62. The Balaban J connectivity index is 1.63. The molecule has 5 rings (SSSR count). The van der Waals surface area contributed by atoms with Crippen molar-refractivity contribution in [3.63, 3.8) is 0 Å². The van der Waals surface area contributed by atoms with Gasteiger partial charge in [-0.2, -0.15) is 5.10 Å². The Morgan fingerprint density at radius 1 is 1.07 bits per heavy atom. The van der Waals surface area contributed by atoms with Gasteiger partial charge < -0.3 is 13.9 Å². The highest BCUT2D eigenvalue weighted by Gasteiger charge is 2.26. The van der Waals surface area contributed by atoms with Crippen LogP contribution < -0.4 is 5.56 Å². The van der Waals surface area contributed by atoms with Crippen LogP contribution in [0.3, 0.4) is 0 Å². The van der Waals surface area contributed by atoms with Crippen molar-refractivity contribution in [2.24, 2.45) is 0 Å². The summed E-state index contributed by atoms with van der Waals surface area (Å²) in [5, 5.41) is 6.06. The fraction of sp³-hybridized carbons (Fsp3) is 0.273. The lowest BCUT2D eigenvalue weighted by atomic mass is 10.0. The van der Waals surface area contributed by atoms with Gasteiger partial charge in [-0.3, -0.25) is 4.79 Å². The minimum absolute atomic E-state index is 0.185. The Hall–Kier alpha value is -2.67. The van der Waals surface area contributed by atoms with Gasteiger partial charge in [-0.1, -0.05) is 23.7 Å². The van der Waals surface area contributed by atoms with Gasteiger partial charge in [0.15, 0.2) is 6.29 Å². The summed E-state index contributed by atoms with van der Waals surface area (Å²) >= 11 is 6.03. The third-order valence-electron chi connectivity index (χ3n) is 5.07. The zero-order chi connectivity index (χ0) is 19.8. The van der Waals surface area contributed by atoms with Crippen molar-refractivity contribution in [1.29, 1.82) is 0 Å². The molecule has 0 aromatic heterocycles. The van der Waals surface area contributed by atoms with Gasteiger partial charge in [0, 0.05) is 28.9 Å². The minimum Gasteiger partial charge on any atom is -0.455 e. The molecule has 148 valence electrons. The molecule has 29 heavy (non-hydrogen) atoms. The van der Waals surface area contributed by atoms with E-state index in [4.69, 9.17) is 25.5 Å². The fourth-order valence-electron chi connectivity index (χ4n) is 3.64. The molecule has 2 aromatic rings. The van der Waals surface area contributed by atoms with Gasteiger partial charge in [0.05, 0.1) is 13.2 Å². The lowest BCUT2D eigenvalue weighted by molar-refractivity contribution is -0.182. The SMILES string of the molecule is O=c1c2c(-c3ccc(Cl)cc3)oc3ccccc3c-2nn1CCC1OCCCO1. The van der Waals surface area contributed by atoms with E-state index in [1.165, 1.54) is 4.68 Å². The van der Waals surface area contributed by atoms with Crippen LogP contribution in [0.5, 0.6) is 0 Å². The molecule has 0 atom stereocenters. The van der Waals surface area contributed by atoms with E-state index in [1.54, 1.807) is 12.1 Å². The summed E-state index contributed by atoms with van der Waals surface area (Å²) < 4.78 is 18.8. The summed E-state index contributed by atoms with van der Waals surface area (Å²) in [6.07, 6.45) is 1.16. The van der Waals surface area contributed by atoms with Crippen molar-refractivity contribution in [3.05, 3.63) is 63.9 Å². The molecule has 0 saturated carbocycles. The number of benzene rings is 2. The van der Waals surface area contributed by atoms with E-state index in [1.807, 2.05) is 36.4 Å². The van der Waals surface area contributed by atoms with E-state index in [0.717, 1.165) is 17.4 Å². The second kappa shape index (κ2) is 7.63. The van der Waals surface area contributed by atoms with Crippen LogP contribution in [0.4, 0.5) is 0 Å². The number of nitrogens with zero attached hydrogens (tertiary/aromatic N) is 2. The van der Waals surface area contributed by atoms with E-state index in [2.05, 4.69) is 5.10 Å². The molecule has 3 aliphatic rings. The number of aryl methyl sites for hydroxylation is 1. The van der Waals surface area contributed by atoms with Crippen LogP contribution in [-0.2, 0) is 16.0 Å². The third kappa shape index (κ3) is 3.44. The molecule has 3 heterocycles. The Morgan fingerprint density at radius 3 is 2.62 bits per heavy atom. The molecule has 7 heteroatoms. The molecular weight excluding hydrogens is 392 g/mol. The Labute approximate surface area is 171 Å². The van der Waals surface area contributed by atoms with Gasteiger partial charge in [-0.25, -0.2) is 4.68 Å². The highest BCUT2D eigenvalue weighted by molar-refractivity contribution is 6.30. The molecule has 0 radical (unpaired) electrons. The standard InChI is InChI=1S/C22H19ClN2O4/c23-15-8-6-14(7-9-15)21-19-20(16-4-1-2-5-17(16)29-21)24-25(22(19)26)11-10-18-27-12-3-13-28-18/h1-2,4-9,18H,3,10-13H2. The second-order valence-corrected chi connectivity index (χ2v) is 7.44. The average Bonchev–Trinajstić information content (AvgIpc) is 3.10. The topological polar surface area (TPSA) is 66.5 Å². The van der Waals surface area contributed by atoms with Gasteiger partial charge in [0.25, 0.3) is 5.56 Å². The number of fused-ring (bicyclic) bond motifs is 3. The van der Waals surface area contributed by atoms with Crippen LogP contribution in [0.1, 0.15) is 12.8 Å². The smallest absolute Gasteiger partial charge is 0.280 e. The van der Waals surface area contributed by atoms with E-state index in [-0.39, 0.29) is 11.8 Å². The maximum atomic E-state index is 13.2. The number of rotatable bonds is 4. The van der Waals surface area contributed by atoms with Gasteiger partial charge in [-0.15, -0.1) is 0 Å². The van der Waals surface area contributed by atoms with Crippen molar-refractivity contribution in [3.8, 4) is 22.6 Å². The number of aromatic nitrogens is 2. The molecule has 0 unspecified atom stereocenters. The van der Waals surface area contributed by atoms with Crippen LogP contribution in [0.15, 0.2) is 57.7 Å². The number of halogens is 1. The highest BCUT2D eigenvalue weighted by atomic mass is 35.5. The molecule has 2 aromatic carbocycles. The Bertz CT molecular complexity index is 1180. The monoisotopic (exact) mass is 410 g/mol. The quantitative estimate of drug-likeness (QED) is 0.493. The van der Waals surface area contributed by atoms with Crippen LogP contribution >= 0.6 is 11.6 Å². The van der Waals surface area contributed by atoms with Crippen molar-refractivity contribution >= 4 is 22.6 Å². The van der Waals surface area contributed by atoms with Crippen LogP contribution in [-0.4, -0.2) is 29.3 Å². The summed E-state index contributed by atoms with van der Waals surface area (Å²) in [5.41, 5.74) is 2.37. The van der Waals surface area contributed by atoms with E-state index in [9.17, 15) is 4.79 Å². The number of hydrogen-bond acceptors (Lipinski definition) is 5. The number of hydrogen-bond donors (Lipinski definition) is 0. The minimum atomic E-state index is -0.298. The molecule has 0 spiro atoms. The van der Waals surface area contributed by atoms with Gasteiger partial charge in [0.2, 0.25) is 0 Å². The third-order valence-corrected chi connectivity index (χ3v) is 5.32. The molecule has 0 aliphatic carbocycles. The predicted octanol–water partition coefficient (Wildman–Crippen LogP) is 4.57. The van der Waals surface area contributed by atoms with Gasteiger partial charge in [0.1, 0.15) is 22.6 Å². The predicted molar refractivity (Wildman–Crippen MR) is 110 cm³/mol. The van der Waals surface area contributed by atoms with Crippen molar-refractivity contribution in [2.75, 3.05) is 13.2 Å². The van der Waals surface area contributed by atoms with Crippen molar-refractivity contribution < 1.29 is 13.9 Å². The van der Waals surface area contributed by atoms with Crippen LogP contribution in [0, 0.1) is 0 Å². The molecule has 0 N–H and O–H groups in total. The normalized spacial score (nSPS) is 15.3. The fourth-order valence-corrected chi connectivity index (χ4v) is 3.76. The first kappa shape index (κ1) is 18.4. The maximum absolute atomic E-state index is 13.2. The Morgan fingerprint density at radius 2 is 1.83 bits per heavy atom. The lowest BCUT2D eigenvalue weighted by Crippen LogP contribution is -2.28. The first-order valence-corrected chi connectivity index (χ1v) is 10.00. The molecule has 1 fully saturated rings. The Kier molecular flexibility index (Phi) is 4.83. The van der Waals surface area contributed by atoms with Gasteiger partial charge >= 0.3 is 0 Å². The van der Waals surface area contributed by atoms with E-state index >= 15 is 0 Å². The summed E-state index contributed by atoms with van der Waals surface area (Å²) in [5.74, 6) is 0.497. The maximum Gasteiger partial charge on any atom is 0.280 e. The average molecular weight is 411 g/mol. The highest BCUT2D eigenvalue weighted by Crippen LogP contribution is 2.37. The summed E-state index contributed by atoms with van der Waals surface area (Å²) in [6.45, 7) is 1.77. The van der Waals surface area contributed by atoms with Crippen molar-refractivity contribution in [1.82, 2.24) is 9.78 Å². The van der Waals surface area contributed by atoms with Crippen LogP contribution in [0.25, 0.3) is 33.6 Å². The molecule has 0 bridgehead atoms. The molecule has 1 saturated heterocycles. The molecule has 6 nitrogen and oxygen atoms in total. The zero-order valence-electron chi connectivity index (χ0n) is 15.6. The van der Waals surface area contributed by atoms with E-state index in [0.29, 0.717) is 53.8 Å². The van der Waals surface area contributed by atoms with Gasteiger partial charge in [-0.05, 0) is 42.8 Å². The lowest BCUT2D eigenvalue weighted by Gasteiger charge is -2.22. The first-order chi connectivity index (χ1) is 14.2. The zero-order valence-corrected chi connectivity index (χ0v) is 16.4. The van der Waals surface area contributed by atoms with E-state index < -0.39 is 0 Å². The summed E-state index contributed by atoms with van der Waals surface area (Å²) in [6, 6.07) is 14.8. The molecule has 3 aliphatic heterocycles.